The Morgan fingerprint density at radius 1 is 1.28 bits per heavy atom. The summed E-state index contributed by atoms with van der Waals surface area (Å²) in [6.45, 7) is 4.42. The van der Waals surface area contributed by atoms with E-state index in [4.69, 9.17) is 9.47 Å². The number of anilines is 1. The molecular weight excluding hydrogens is 318 g/mol. The highest BCUT2D eigenvalue weighted by Gasteiger charge is 2.32. The lowest BCUT2D eigenvalue weighted by Crippen LogP contribution is -2.33. The molecule has 1 aliphatic rings. The first-order chi connectivity index (χ1) is 12.1. The Bertz CT molecular complexity index is 813. The molecular formula is C20H21NO4. The average molecular weight is 339 g/mol. The molecule has 1 atom stereocenters. The highest BCUT2D eigenvalue weighted by Crippen LogP contribution is 2.32. The molecule has 2 aromatic rings. The van der Waals surface area contributed by atoms with Crippen LogP contribution in [0.1, 0.15) is 29.3 Å². The van der Waals surface area contributed by atoms with Gasteiger partial charge in [0.25, 0.3) is 0 Å². The molecule has 0 amide bonds. The summed E-state index contributed by atoms with van der Waals surface area (Å²) in [5.41, 5.74) is 2.59. The molecule has 5 heteroatoms. The molecule has 1 aliphatic heterocycles. The van der Waals surface area contributed by atoms with Crippen molar-refractivity contribution in [1.82, 2.24) is 0 Å². The van der Waals surface area contributed by atoms with Gasteiger partial charge in [-0.1, -0.05) is 24.6 Å². The predicted molar refractivity (Wildman–Crippen MR) is 96.0 cm³/mol. The average Bonchev–Trinajstić information content (AvgIpc) is 2.60. The molecule has 3 rings (SSSR count). The van der Waals surface area contributed by atoms with Crippen molar-refractivity contribution in [2.24, 2.45) is 0 Å². The predicted octanol–water partition coefficient (Wildman–Crippen LogP) is 4.02. The van der Waals surface area contributed by atoms with Gasteiger partial charge in [-0.2, -0.15) is 0 Å². The summed E-state index contributed by atoms with van der Waals surface area (Å²) in [4.78, 5) is 12.9. The number of rotatable bonds is 5. The SMILES string of the molecule is CCCOC1Oc2ccc(C)cc2C(=O)/C1=C/Nc1cccc(O)c1. The van der Waals surface area contributed by atoms with E-state index in [0.717, 1.165) is 12.0 Å². The summed E-state index contributed by atoms with van der Waals surface area (Å²) in [5, 5.41) is 12.6. The number of phenolic OH excluding ortho intramolecular Hbond substituents is 1. The van der Waals surface area contributed by atoms with Gasteiger partial charge >= 0.3 is 0 Å². The van der Waals surface area contributed by atoms with Gasteiger partial charge in [-0.05, 0) is 37.6 Å². The summed E-state index contributed by atoms with van der Waals surface area (Å²) >= 11 is 0. The summed E-state index contributed by atoms with van der Waals surface area (Å²) in [7, 11) is 0. The van der Waals surface area contributed by atoms with Crippen molar-refractivity contribution < 1.29 is 19.4 Å². The molecule has 0 bridgehead atoms. The minimum Gasteiger partial charge on any atom is -0.508 e. The van der Waals surface area contributed by atoms with E-state index in [9.17, 15) is 9.90 Å². The lowest BCUT2D eigenvalue weighted by Gasteiger charge is -2.27. The number of benzene rings is 2. The Morgan fingerprint density at radius 3 is 2.88 bits per heavy atom. The number of ether oxygens (including phenoxy) is 2. The molecule has 5 nitrogen and oxygen atoms in total. The summed E-state index contributed by atoms with van der Waals surface area (Å²) < 4.78 is 11.6. The lowest BCUT2D eigenvalue weighted by atomic mass is 9.98. The number of fused-ring (bicyclic) bond motifs is 1. The first-order valence-corrected chi connectivity index (χ1v) is 8.27. The minimum absolute atomic E-state index is 0.126. The van der Waals surface area contributed by atoms with Gasteiger partial charge in [0.1, 0.15) is 11.5 Å². The van der Waals surface area contributed by atoms with Crippen molar-refractivity contribution in [3.05, 3.63) is 65.4 Å². The molecule has 0 spiro atoms. The molecule has 25 heavy (non-hydrogen) atoms. The van der Waals surface area contributed by atoms with Crippen LogP contribution in [0.15, 0.2) is 54.2 Å². The largest absolute Gasteiger partial charge is 0.508 e. The number of aryl methyl sites for hydroxylation is 1. The number of nitrogens with one attached hydrogen (secondary N) is 1. The fourth-order valence-corrected chi connectivity index (χ4v) is 2.60. The van der Waals surface area contributed by atoms with E-state index in [1.165, 1.54) is 0 Å². The molecule has 0 fully saturated rings. The standard InChI is InChI=1S/C20H21NO4/c1-3-9-24-20-17(12-21-14-5-4-6-15(22)11-14)19(23)16-10-13(2)7-8-18(16)25-20/h4-8,10-12,20-22H,3,9H2,1-2H3/b17-12-. The first kappa shape index (κ1) is 17.0. The second kappa shape index (κ2) is 7.40. The van der Waals surface area contributed by atoms with Gasteiger partial charge in [0.05, 0.1) is 17.7 Å². The van der Waals surface area contributed by atoms with Gasteiger partial charge in [-0.3, -0.25) is 4.79 Å². The van der Waals surface area contributed by atoms with Gasteiger partial charge in [0, 0.05) is 18.0 Å². The zero-order valence-corrected chi connectivity index (χ0v) is 14.3. The first-order valence-electron chi connectivity index (χ1n) is 8.27. The van der Waals surface area contributed by atoms with Crippen LogP contribution < -0.4 is 10.1 Å². The van der Waals surface area contributed by atoms with Gasteiger partial charge < -0.3 is 19.9 Å². The van der Waals surface area contributed by atoms with E-state index in [2.05, 4.69) is 5.32 Å². The van der Waals surface area contributed by atoms with Crippen LogP contribution in [0.4, 0.5) is 5.69 Å². The molecule has 2 aromatic carbocycles. The Labute approximate surface area is 146 Å². The van der Waals surface area contributed by atoms with E-state index in [1.54, 1.807) is 36.5 Å². The third kappa shape index (κ3) is 3.83. The highest BCUT2D eigenvalue weighted by atomic mass is 16.7. The maximum atomic E-state index is 12.9. The van der Waals surface area contributed by atoms with Crippen LogP contribution in [0.3, 0.4) is 0 Å². The normalized spacial score (nSPS) is 17.9. The molecule has 0 saturated heterocycles. The molecule has 0 saturated carbocycles. The fourth-order valence-electron chi connectivity index (χ4n) is 2.60. The van der Waals surface area contributed by atoms with E-state index >= 15 is 0 Å². The summed E-state index contributed by atoms with van der Waals surface area (Å²) in [6.07, 6.45) is 1.65. The van der Waals surface area contributed by atoms with Crippen LogP contribution in [0.25, 0.3) is 0 Å². The molecule has 0 aromatic heterocycles. The van der Waals surface area contributed by atoms with Crippen LogP contribution in [0.5, 0.6) is 11.5 Å². The van der Waals surface area contributed by atoms with Crippen molar-refractivity contribution in [3.8, 4) is 11.5 Å². The number of Topliss-reactive ketones (excluding diaryl/α,β-unsaturated/α-hetero) is 1. The Hall–Kier alpha value is -2.79. The number of phenols is 1. The third-order valence-corrected chi connectivity index (χ3v) is 3.84. The number of hydrogen-bond acceptors (Lipinski definition) is 5. The van der Waals surface area contributed by atoms with Crippen LogP contribution >= 0.6 is 0 Å². The highest BCUT2D eigenvalue weighted by molar-refractivity contribution is 6.12. The van der Waals surface area contributed by atoms with Crippen molar-refractivity contribution >= 4 is 11.5 Å². The third-order valence-electron chi connectivity index (χ3n) is 3.84. The van der Waals surface area contributed by atoms with E-state index < -0.39 is 6.29 Å². The maximum absolute atomic E-state index is 12.9. The quantitative estimate of drug-likeness (QED) is 0.805. The van der Waals surface area contributed by atoms with Gasteiger partial charge in [-0.15, -0.1) is 0 Å². The van der Waals surface area contributed by atoms with Crippen molar-refractivity contribution in [2.75, 3.05) is 11.9 Å². The zero-order chi connectivity index (χ0) is 17.8. The van der Waals surface area contributed by atoms with Crippen LogP contribution in [-0.4, -0.2) is 23.8 Å². The monoisotopic (exact) mass is 339 g/mol. The van der Waals surface area contributed by atoms with Crippen LogP contribution in [0, 0.1) is 6.92 Å². The number of carbonyl (C=O) groups is 1. The van der Waals surface area contributed by atoms with Crippen molar-refractivity contribution in [3.63, 3.8) is 0 Å². The zero-order valence-electron chi connectivity index (χ0n) is 14.3. The minimum atomic E-state index is -0.757. The van der Waals surface area contributed by atoms with Crippen LogP contribution in [0.2, 0.25) is 0 Å². The van der Waals surface area contributed by atoms with Gasteiger partial charge in [0.2, 0.25) is 6.29 Å². The van der Waals surface area contributed by atoms with Crippen LogP contribution in [-0.2, 0) is 4.74 Å². The smallest absolute Gasteiger partial charge is 0.232 e. The molecule has 1 unspecified atom stereocenters. The van der Waals surface area contributed by atoms with Gasteiger partial charge in [-0.25, -0.2) is 0 Å². The second-order valence-corrected chi connectivity index (χ2v) is 5.94. The van der Waals surface area contributed by atoms with E-state index in [1.807, 2.05) is 26.0 Å². The van der Waals surface area contributed by atoms with Gasteiger partial charge in [0.15, 0.2) is 5.78 Å². The number of ketones is 1. The van der Waals surface area contributed by atoms with Crippen molar-refractivity contribution in [1.29, 1.82) is 0 Å². The lowest BCUT2D eigenvalue weighted by molar-refractivity contribution is -0.0559. The molecule has 1 heterocycles. The number of hydrogen-bond donors (Lipinski definition) is 2. The Balaban J connectivity index is 1.92. The Kier molecular flexibility index (Phi) is 5.05. The molecule has 2 N–H and O–H groups in total. The fraction of sp³-hybridized carbons (Fsp3) is 0.250. The molecule has 130 valence electrons. The van der Waals surface area contributed by atoms with E-state index in [-0.39, 0.29) is 11.5 Å². The topological polar surface area (TPSA) is 67.8 Å². The van der Waals surface area contributed by atoms with Crippen molar-refractivity contribution in [2.45, 2.75) is 26.6 Å². The summed E-state index contributed by atoms with van der Waals surface area (Å²) in [5.74, 6) is 0.555. The maximum Gasteiger partial charge on any atom is 0.232 e. The number of carbonyl (C=O) groups excluding carboxylic acids is 1. The molecule has 0 aliphatic carbocycles. The Morgan fingerprint density at radius 2 is 2.12 bits per heavy atom. The second-order valence-electron chi connectivity index (χ2n) is 5.94. The van der Waals surface area contributed by atoms with E-state index in [0.29, 0.717) is 29.2 Å². The molecule has 0 radical (unpaired) electrons. The summed E-state index contributed by atoms with van der Waals surface area (Å²) in [6, 6.07) is 12.2. The number of aromatic hydroxyl groups is 1.